The Morgan fingerprint density at radius 2 is 2.20 bits per heavy atom. The molecule has 4 heteroatoms. The van der Waals surface area contributed by atoms with Gasteiger partial charge >= 0.3 is 0 Å². The van der Waals surface area contributed by atoms with Gasteiger partial charge in [-0.2, -0.15) is 5.10 Å². The van der Waals surface area contributed by atoms with Crippen LogP contribution < -0.4 is 0 Å². The predicted molar refractivity (Wildman–Crippen MR) is 77.5 cm³/mol. The third-order valence-electron chi connectivity index (χ3n) is 3.45. The lowest BCUT2D eigenvalue weighted by Crippen LogP contribution is -2.00. The summed E-state index contributed by atoms with van der Waals surface area (Å²) in [5.74, 6) is 0. The van der Waals surface area contributed by atoms with Gasteiger partial charge in [0.25, 0.3) is 0 Å². The molecule has 1 aromatic carbocycles. The molecule has 0 spiro atoms. The minimum atomic E-state index is -0.673. The number of aryl methyl sites for hydroxylation is 1. The summed E-state index contributed by atoms with van der Waals surface area (Å²) in [4.78, 5) is 4.10. The number of rotatable bonds is 4. The molecular formula is C16H17N3O. The number of hydrogen-bond acceptors (Lipinski definition) is 3. The van der Waals surface area contributed by atoms with Gasteiger partial charge in [0, 0.05) is 18.0 Å². The van der Waals surface area contributed by atoms with Gasteiger partial charge in [0.1, 0.15) is 6.10 Å². The first-order valence-corrected chi connectivity index (χ1v) is 6.83. The van der Waals surface area contributed by atoms with Crippen LogP contribution in [-0.2, 0) is 6.42 Å². The van der Waals surface area contributed by atoms with Crippen LogP contribution in [0.3, 0.4) is 0 Å². The van der Waals surface area contributed by atoms with Crippen molar-refractivity contribution in [2.45, 2.75) is 25.9 Å². The van der Waals surface area contributed by atoms with E-state index in [0.717, 1.165) is 29.5 Å². The van der Waals surface area contributed by atoms with Gasteiger partial charge in [0.2, 0.25) is 0 Å². The van der Waals surface area contributed by atoms with Crippen LogP contribution in [0.15, 0.2) is 49.1 Å². The highest BCUT2D eigenvalue weighted by Gasteiger charge is 2.16. The SMILES string of the molecule is CCCc1cccc(C(O)c2cnn3ccncc23)c1. The van der Waals surface area contributed by atoms with Crippen molar-refractivity contribution < 1.29 is 5.11 Å². The lowest BCUT2D eigenvalue weighted by molar-refractivity contribution is 0.221. The standard InChI is InChI=1S/C16H17N3O/c1-2-4-12-5-3-6-13(9-12)16(20)14-10-18-19-8-7-17-11-15(14)19/h3,5-11,16,20H,2,4H2,1H3. The highest BCUT2D eigenvalue weighted by Crippen LogP contribution is 2.26. The maximum atomic E-state index is 10.6. The molecule has 0 saturated carbocycles. The minimum absolute atomic E-state index is 0.673. The number of hydrogen-bond donors (Lipinski definition) is 1. The zero-order valence-corrected chi connectivity index (χ0v) is 11.4. The Morgan fingerprint density at radius 3 is 3.05 bits per heavy atom. The van der Waals surface area contributed by atoms with Crippen LogP contribution in [-0.4, -0.2) is 19.7 Å². The maximum absolute atomic E-state index is 10.6. The molecule has 0 fully saturated rings. The fourth-order valence-corrected chi connectivity index (χ4v) is 2.45. The second kappa shape index (κ2) is 5.43. The third kappa shape index (κ3) is 2.30. The zero-order valence-electron chi connectivity index (χ0n) is 11.4. The number of aliphatic hydroxyl groups is 1. The molecule has 0 aliphatic carbocycles. The summed E-state index contributed by atoms with van der Waals surface area (Å²) < 4.78 is 1.72. The molecule has 2 aromatic heterocycles. The summed E-state index contributed by atoms with van der Waals surface area (Å²) in [7, 11) is 0. The van der Waals surface area contributed by atoms with Crippen molar-refractivity contribution in [1.82, 2.24) is 14.6 Å². The van der Waals surface area contributed by atoms with Crippen LogP contribution in [0.1, 0.15) is 36.1 Å². The smallest absolute Gasteiger partial charge is 0.108 e. The lowest BCUT2D eigenvalue weighted by Gasteiger charge is -2.11. The zero-order chi connectivity index (χ0) is 13.9. The summed E-state index contributed by atoms with van der Waals surface area (Å²) in [6.45, 7) is 2.15. The van der Waals surface area contributed by atoms with Crippen molar-refractivity contribution in [2.75, 3.05) is 0 Å². The van der Waals surface area contributed by atoms with Gasteiger partial charge in [-0.1, -0.05) is 37.6 Å². The highest BCUT2D eigenvalue weighted by molar-refractivity contribution is 5.55. The molecule has 0 amide bonds. The van der Waals surface area contributed by atoms with Crippen molar-refractivity contribution in [3.8, 4) is 0 Å². The molecule has 3 aromatic rings. The molecule has 1 N–H and O–H groups in total. The lowest BCUT2D eigenvalue weighted by atomic mass is 9.99. The van der Waals surface area contributed by atoms with E-state index in [1.807, 2.05) is 12.1 Å². The molecule has 1 unspecified atom stereocenters. The van der Waals surface area contributed by atoms with Crippen molar-refractivity contribution in [2.24, 2.45) is 0 Å². The molecular weight excluding hydrogens is 250 g/mol. The summed E-state index contributed by atoms with van der Waals surface area (Å²) in [5, 5.41) is 14.8. The minimum Gasteiger partial charge on any atom is -0.384 e. The second-order valence-electron chi connectivity index (χ2n) is 4.90. The summed E-state index contributed by atoms with van der Waals surface area (Å²) >= 11 is 0. The average molecular weight is 267 g/mol. The van der Waals surface area contributed by atoms with Crippen molar-refractivity contribution in [3.63, 3.8) is 0 Å². The van der Waals surface area contributed by atoms with E-state index in [1.165, 1.54) is 5.56 Å². The van der Waals surface area contributed by atoms with Gasteiger partial charge in [0.05, 0.1) is 17.9 Å². The first kappa shape index (κ1) is 12.8. The molecule has 20 heavy (non-hydrogen) atoms. The Labute approximate surface area is 117 Å². The topological polar surface area (TPSA) is 50.4 Å². The molecule has 0 radical (unpaired) electrons. The second-order valence-corrected chi connectivity index (χ2v) is 4.90. The van der Waals surface area contributed by atoms with Crippen molar-refractivity contribution in [1.29, 1.82) is 0 Å². The van der Waals surface area contributed by atoms with Gasteiger partial charge < -0.3 is 5.11 Å². The molecule has 102 valence electrons. The van der Waals surface area contributed by atoms with Gasteiger partial charge in [-0.15, -0.1) is 0 Å². The van der Waals surface area contributed by atoms with Gasteiger partial charge in [-0.25, -0.2) is 4.52 Å². The fourth-order valence-electron chi connectivity index (χ4n) is 2.45. The quantitative estimate of drug-likeness (QED) is 0.790. The Hall–Kier alpha value is -2.20. The van der Waals surface area contributed by atoms with E-state index in [-0.39, 0.29) is 0 Å². The molecule has 0 aliphatic heterocycles. The third-order valence-corrected chi connectivity index (χ3v) is 3.45. The summed E-state index contributed by atoms with van der Waals surface area (Å²) in [6.07, 6.45) is 8.33. The van der Waals surface area contributed by atoms with Crippen molar-refractivity contribution in [3.05, 3.63) is 65.7 Å². The van der Waals surface area contributed by atoms with Crippen LogP contribution in [0.25, 0.3) is 5.52 Å². The molecule has 1 atom stereocenters. The molecule has 3 rings (SSSR count). The Bertz CT molecular complexity index is 720. The predicted octanol–water partition coefficient (Wildman–Crippen LogP) is 2.76. The molecule has 0 aliphatic rings. The van der Waals surface area contributed by atoms with E-state index in [0.29, 0.717) is 0 Å². The molecule has 0 bridgehead atoms. The van der Waals surface area contributed by atoms with E-state index in [2.05, 4.69) is 29.1 Å². The number of aliphatic hydroxyl groups excluding tert-OH is 1. The molecule has 0 saturated heterocycles. The van der Waals surface area contributed by atoms with E-state index < -0.39 is 6.10 Å². The van der Waals surface area contributed by atoms with Crippen LogP contribution in [0, 0.1) is 0 Å². The maximum Gasteiger partial charge on any atom is 0.108 e. The number of nitrogens with zero attached hydrogens (tertiary/aromatic N) is 3. The monoisotopic (exact) mass is 267 g/mol. The number of aromatic nitrogens is 3. The number of fused-ring (bicyclic) bond motifs is 1. The molecule has 4 nitrogen and oxygen atoms in total. The van der Waals surface area contributed by atoms with E-state index in [9.17, 15) is 5.11 Å². The largest absolute Gasteiger partial charge is 0.384 e. The Morgan fingerprint density at radius 1 is 1.30 bits per heavy atom. The molecule has 2 heterocycles. The Kier molecular flexibility index (Phi) is 3.48. The van der Waals surface area contributed by atoms with E-state index in [1.54, 1.807) is 29.3 Å². The highest BCUT2D eigenvalue weighted by atomic mass is 16.3. The van der Waals surface area contributed by atoms with Crippen LogP contribution in [0.4, 0.5) is 0 Å². The first-order chi connectivity index (χ1) is 9.79. The van der Waals surface area contributed by atoms with E-state index in [4.69, 9.17) is 0 Å². The summed E-state index contributed by atoms with van der Waals surface area (Å²) in [6, 6.07) is 8.10. The van der Waals surface area contributed by atoms with Crippen LogP contribution in [0.5, 0.6) is 0 Å². The Balaban J connectivity index is 1.99. The van der Waals surface area contributed by atoms with E-state index >= 15 is 0 Å². The number of benzene rings is 1. The normalized spacial score (nSPS) is 12.7. The van der Waals surface area contributed by atoms with Crippen molar-refractivity contribution >= 4 is 5.52 Å². The van der Waals surface area contributed by atoms with Gasteiger partial charge in [-0.3, -0.25) is 4.98 Å². The van der Waals surface area contributed by atoms with Crippen LogP contribution >= 0.6 is 0 Å². The van der Waals surface area contributed by atoms with Gasteiger partial charge in [0.15, 0.2) is 0 Å². The van der Waals surface area contributed by atoms with Crippen LogP contribution in [0.2, 0.25) is 0 Å². The fraction of sp³-hybridized carbons (Fsp3) is 0.250. The first-order valence-electron chi connectivity index (χ1n) is 6.83. The van der Waals surface area contributed by atoms with Gasteiger partial charge in [-0.05, 0) is 17.5 Å². The summed E-state index contributed by atoms with van der Waals surface area (Å²) in [5.41, 5.74) is 3.76. The average Bonchev–Trinajstić information content (AvgIpc) is 2.91.